The van der Waals surface area contributed by atoms with Crippen LogP contribution in [0.4, 0.5) is 4.79 Å². The summed E-state index contributed by atoms with van der Waals surface area (Å²) in [6, 6.07) is 1.28. The fourth-order valence-corrected chi connectivity index (χ4v) is 4.57. The average Bonchev–Trinajstić information content (AvgIpc) is 2.66. The molecule has 3 heterocycles. The summed E-state index contributed by atoms with van der Waals surface area (Å²) in [7, 11) is 0. The Hall–Kier alpha value is -0.810. The van der Waals surface area contributed by atoms with Crippen LogP contribution in [-0.2, 0) is 9.47 Å². The highest BCUT2D eigenvalue weighted by Crippen LogP contribution is 2.39. The molecule has 2 bridgehead atoms. The highest BCUT2D eigenvalue weighted by atomic mass is 16.6. The molecule has 4 atom stereocenters. The first-order valence-corrected chi connectivity index (χ1v) is 9.14. The van der Waals surface area contributed by atoms with Crippen LogP contribution >= 0.6 is 0 Å². The molecular formula is C18H32N2O3. The molecule has 3 saturated heterocycles. The van der Waals surface area contributed by atoms with Crippen LogP contribution in [0.1, 0.15) is 60.3 Å². The summed E-state index contributed by atoms with van der Waals surface area (Å²) in [4.78, 5) is 17.2. The highest BCUT2D eigenvalue weighted by molar-refractivity contribution is 5.69. The van der Waals surface area contributed by atoms with E-state index in [-0.39, 0.29) is 6.09 Å². The van der Waals surface area contributed by atoms with Crippen molar-refractivity contribution in [2.75, 3.05) is 13.1 Å². The quantitative estimate of drug-likeness (QED) is 0.743. The molecule has 0 saturated carbocycles. The van der Waals surface area contributed by atoms with Gasteiger partial charge in [-0.2, -0.15) is 0 Å². The van der Waals surface area contributed by atoms with Gasteiger partial charge in [-0.1, -0.05) is 0 Å². The van der Waals surface area contributed by atoms with Gasteiger partial charge >= 0.3 is 6.09 Å². The first-order valence-electron chi connectivity index (χ1n) is 9.14. The van der Waals surface area contributed by atoms with Crippen LogP contribution in [0.5, 0.6) is 0 Å². The van der Waals surface area contributed by atoms with E-state index in [1.807, 2.05) is 25.7 Å². The average molecular weight is 324 g/mol. The Morgan fingerprint density at radius 2 is 1.52 bits per heavy atom. The van der Waals surface area contributed by atoms with Gasteiger partial charge in [0.05, 0.1) is 12.2 Å². The molecular weight excluding hydrogens is 292 g/mol. The molecule has 0 aromatic heterocycles. The van der Waals surface area contributed by atoms with E-state index in [0.29, 0.717) is 30.3 Å². The Bertz CT molecular complexity index is 424. The van der Waals surface area contributed by atoms with Crippen molar-refractivity contribution in [1.29, 1.82) is 0 Å². The zero-order valence-electron chi connectivity index (χ0n) is 15.2. The summed E-state index contributed by atoms with van der Waals surface area (Å²) < 4.78 is 11.5. The van der Waals surface area contributed by atoms with E-state index < -0.39 is 5.60 Å². The van der Waals surface area contributed by atoms with Crippen molar-refractivity contribution in [1.82, 2.24) is 9.80 Å². The molecule has 3 fully saturated rings. The zero-order chi connectivity index (χ0) is 16.8. The molecule has 1 amide bonds. The van der Waals surface area contributed by atoms with Gasteiger partial charge in [0.2, 0.25) is 0 Å². The smallest absolute Gasteiger partial charge is 0.410 e. The van der Waals surface area contributed by atoms with Crippen LogP contribution < -0.4 is 0 Å². The first-order chi connectivity index (χ1) is 10.7. The normalized spacial score (nSPS) is 38.7. The molecule has 0 radical (unpaired) electrons. The lowest BCUT2D eigenvalue weighted by Crippen LogP contribution is -2.57. The number of morpholine rings is 1. The summed E-state index contributed by atoms with van der Waals surface area (Å²) in [5.41, 5.74) is -0.414. The Kier molecular flexibility index (Phi) is 4.62. The lowest BCUT2D eigenvalue weighted by molar-refractivity contribution is -0.0910. The standard InChI is InChI=1S/C18H32N2O3/c1-12-10-19(11-13(2)22-12)16-8-14-6-7-15(9-16)20(14)17(21)23-18(3,4)5/h12-16H,6-11H2,1-5H3/t12-,13+,14?,15?,16?. The van der Waals surface area contributed by atoms with Gasteiger partial charge in [0.1, 0.15) is 5.60 Å². The summed E-state index contributed by atoms with van der Waals surface area (Å²) in [5.74, 6) is 0. The third kappa shape index (κ3) is 3.82. The minimum atomic E-state index is -0.414. The van der Waals surface area contributed by atoms with E-state index in [1.165, 1.54) is 0 Å². The summed E-state index contributed by atoms with van der Waals surface area (Å²) >= 11 is 0. The summed E-state index contributed by atoms with van der Waals surface area (Å²) in [6.07, 6.45) is 4.89. The van der Waals surface area contributed by atoms with Crippen molar-refractivity contribution >= 4 is 6.09 Å². The maximum Gasteiger partial charge on any atom is 0.410 e. The van der Waals surface area contributed by atoms with Crippen molar-refractivity contribution < 1.29 is 14.3 Å². The number of carbonyl (C=O) groups excluding carboxylic acids is 1. The first kappa shape index (κ1) is 17.0. The molecule has 0 aromatic carbocycles. The largest absolute Gasteiger partial charge is 0.444 e. The van der Waals surface area contributed by atoms with Crippen LogP contribution in [0.3, 0.4) is 0 Å². The van der Waals surface area contributed by atoms with E-state index in [2.05, 4.69) is 18.7 Å². The predicted octanol–water partition coefficient (Wildman–Crippen LogP) is 3.03. The topological polar surface area (TPSA) is 42.0 Å². The minimum absolute atomic E-state index is 0.118. The minimum Gasteiger partial charge on any atom is -0.444 e. The third-order valence-electron chi connectivity index (χ3n) is 5.28. The number of rotatable bonds is 1. The van der Waals surface area contributed by atoms with Crippen LogP contribution in [0.25, 0.3) is 0 Å². The monoisotopic (exact) mass is 324 g/mol. The number of ether oxygens (including phenoxy) is 2. The molecule has 2 unspecified atom stereocenters. The van der Waals surface area contributed by atoms with Crippen molar-refractivity contribution in [3.8, 4) is 0 Å². The van der Waals surface area contributed by atoms with E-state index in [0.717, 1.165) is 38.8 Å². The third-order valence-corrected chi connectivity index (χ3v) is 5.28. The van der Waals surface area contributed by atoms with Crippen molar-refractivity contribution in [3.63, 3.8) is 0 Å². The van der Waals surface area contributed by atoms with Crippen molar-refractivity contribution in [2.45, 2.75) is 96.2 Å². The zero-order valence-corrected chi connectivity index (χ0v) is 15.2. The number of hydrogen-bond acceptors (Lipinski definition) is 4. The Balaban J connectivity index is 1.64. The van der Waals surface area contributed by atoms with Gasteiger partial charge in [0.25, 0.3) is 0 Å². The number of carbonyl (C=O) groups is 1. The van der Waals surface area contributed by atoms with Gasteiger partial charge in [-0.05, 0) is 60.3 Å². The van der Waals surface area contributed by atoms with Crippen LogP contribution in [0.2, 0.25) is 0 Å². The van der Waals surface area contributed by atoms with Gasteiger partial charge in [0, 0.05) is 31.2 Å². The summed E-state index contributed by atoms with van der Waals surface area (Å²) in [6.45, 7) is 12.2. The maximum absolute atomic E-state index is 12.5. The van der Waals surface area contributed by atoms with Gasteiger partial charge in [0.15, 0.2) is 0 Å². The Morgan fingerprint density at radius 3 is 2.00 bits per heavy atom. The van der Waals surface area contributed by atoms with E-state index in [1.54, 1.807) is 0 Å². The van der Waals surface area contributed by atoms with Crippen LogP contribution in [0.15, 0.2) is 0 Å². The van der Waals surface area contributed by atoms with Crippen LogP contribution in [-0.4, -0.2) is 64.9 Å². The van der Waals surface area contributed by atoms with Crippen molar-refractivity contribution in [2.24, 2.45) is 0 Å². The SMILES string of the molecule is C[C@@H]1CN(C2CC3CCC(C2)N3C(=O)OC(C)(C)C)C[C@H](C)O1. The van der Waals surface area contributed by atoms with Crippen LogP contribution in [0, 0.1) is 0 Å². The van der Waals surface area contributed by atoms with Gasteiger partial charge in [-0.25, -0.2) is 4.79 Å². The molecule has 5 nitrogen and oxygen atoms in total. The molecule has 3 aliphatic rings. The second-order valence-corrected chi connectivity index (χ2v) is 8.61. The Morgan fingerprint density at radius 1 is 1.00 bits per heavy atom. The Labute approximate surface area is 140 Å². The maximum atomic E-state index is 12.5. The lowest BCUT2D eigenvalue weighted by Gasteiger charge is -2.46. The molecule has 3 aliphatic heterocycles. The number of piperidine rings is 1. The van der Waals surface area contributed by atoms with Gasteiger partial charge in [-0.3, -0.25) is 4.90 Å². The molecule has 132 valence electrons. The molecule has 0 N–H and O–H groups in total. The fraction of sp³-hybridized carbons (Fsp3) is 0.944. The number of fused-ring (bicyclic) bond motifs is 2. The lowest BCUT2D eigenvalue weighted by atomic mass is 9.95. The number of nitrogens with zero attached hydrogens (tertiary/aromatic N) is 2. The van der Waals surface area contributed by atoms with Crippen molar-refractivity contribution in [3.05, 3.63) is 0 Å². The summed E-state index contributed by atoms with van der Waals surface area (Å²) in [5, 5.41) is 0. The second-order valence-electron chi connectivity index (χ2n) is 8.61. The van der Waals surface area contributed by atoms with Gasteiger partial charge < -0.3 is 14.4 Å². The molecule has 0 aliphatic carbocycles. The van der Waals surface area contributed by atoms with E-state index in [4.69, 9.17) is 9.47 Å². The molecule has 3 rings (SSSR count). The van der Waals surface area contributed by atoms with E-state index in [9.17, 15) is 4.79 Å². The van der Waals surface area contributed by atoms with E-state index >= 15 is 0 Å². The fourth-order valence-electron chi connectivity index (χ4n) is 4.57. The molecule has 5 heteroatoms. The van der Waals surface area contributed by atoms with Gasteiger partial charge in [-0.15, -0.1) is 0 Å². The predicted molar refractivity (Wildman–Crippen MR) is 89.5 cm³/mol. The number of amides is 1. The second kappa shape index (κ2) is 6.25. The molecule has 0 aromatic rings. The number of hydrogen-bond donors (Lipinski definition) is 0. The molecule has 0 spiro atoms. The highest BCUT2D eigenvalue weighted by Gasteiger charge is 2.46. The molecule has 23 heavy (non-hydrogen) atoms.